The van der Waals surface area contributed by atoms with Crippen LogP contribution in [0, 0.1) is 0 Å². The number of aryl methyl sites for hydroxylation is 1. The molecule has 11 heteroatoms. The molecule has 1 fully saturated rings. The highest BCUT2D eigenvalue weighted by molar-refractivity contribution is 7.07. The zero-order chi connectivity index (χ0) is 32.0. The molecule has 0 aliphatic carbocycles. The SMILES string of the molecule is CCCCCCOc1cc([C@H]2CC[C@H](c3cc(OC)c(OC)c(OC)c3)O2)cc(OC(=O)CCCCC[n+]2ccsc2)c1OC.[Br-]. The molecule has 2 aromatic carbocycles. The fourth-order valence-electron chi connectivity index (χ4n) is 5.60. The Hall–Kier alpha value is -3.02. The van der Waals surface area contributed by atoms with Gasteiger partial charge >= 0.3 is 5.97 Å². The molecule has 4 rings (SSSR count). The Morgan fingerprint density at radius 1 is 0.804 bits per heavy atom. The molecule has 46 heavy (non-hydrogen) atoms. The molecule has 0 saturated carbocycles. The van der Waals surface area contributed by atoms with Gasteiger partial charge in [-0.2, -0.15) is 4.57 Å². The largest absolute Gasteiger partial charge is 1.00 e. The summed E-state index contributed by atoms with van der Waals surface area (Å²) in [4.78, 5) is 13.0. The highest BCUT2D eigenvalue weighted by atomic mass is 79.9. The van der Waals surface area contributed by atoms with E-state index >= 15 is 0 Å². The van der Waals surface area contributed by atoms with E-state index in [4.69, 9.17) is 33.2 Å². The first kappa shape index (κ1) is 37.4. The third-order valence-corrected chi connectivity index (χ3v) is 8.67. The van der Waals surface area contributed by atoms with Crippen LogP contribution in [-0.4, -0.2) is 41.0 Å². The van der Waals surface area contributed by atoms with Crippen LogP contribution in [0.5, 0.6) is 34.5 Å². The van der Waals surface area contributed by atoms with E-state index in [-0.39, 0.29) is 35.2 Å². The van der Waals surface area contributed by atoms with Crippen molar-refractivity contribution in [3.8, 4) is 34.5 Å². The minimum atomic E-state index is -0.287. The third-order valence-electron chi connectivity index (χ3n) is 8.00. The van der Waals surface area contributed by atoms with Crippen LogP contribution in [0.15, 0.2) is 41.4 Å². The average molecular weight is 723 g/mol. The summed E-state index contributed by atoms with van der Waals surface area (Å²) in [6.07, 6.45) is 10.6. The number of halogens is 1. The Kier molecular flexibility index (Phi) is 15.9. The number of carbonyl (C=O) groups is 1. The highest BCUT2D eigenvalue weighted by Gasteiger charge is 2.31. The summed E-state index contributed by atoms with van der Waals surface area (Å²) in [5.41, 5.74) is 3.92. The Labute approximate surface area is 287 Å². The van der Waals surface area contributed by atoms with E-state index < -0.39 is 0 Å². The van der Waals surface area contributed by atoms with E-state index in [1.807, 2.05) is 24.3 Å². The standard InChI is InChI=1S/C35H48NO8S.BrH/c1-6-7-8-12-18-42-31-22-26(28-15-14-27(43-28)25-20-29(38-2)34(40-4)30(21-25)39-3)23-32(35(31)41-5)44-33(37)13-10-9-11-16-36-17-19-45-24-36;/h17,19-24,27-28H,6-16,18H2,1-5H3;1H/q+1;/p-1/t27-,28-;/m1./s1. The van der Waals surface area contributed by atoms with Gasteiger partial charge in [0.05, 0.1) is 52.6 Å². The van der Waals surface area contributed by atoms with Gasteiger partial charge < -0.3 is 50.1 Å². The summed E-state index contributed by atoms with van der Waals surface area (Å²) in [5.74, 6) is 2.77. The first-order chi connectivity index (χ1) is 22.0. The van der Waals surface area contributed by atoms with Gasteiger partial charge in [-0.1, -0.05) is 37.5 Å². The molecule has 1 saturated heterocycles. The fraction of sp³-hybridized carbons (Fsp3) is 0.543. The summed E-state index contributed by atoms with van der Waals surface area (Å²) in [6, 6.07) is 7.68. The summed E-state index contributed by atoms with van der Waals surface area (Å²) in [6.45, 7) is 3.68. The molecule has 0 bridgehead atoms. The monoisotopic (exact) mass is 721 g/mol. The molecule has 1 aliphatic rings. The number of hydrogen-bond donors (Lipinski definition) is 0. The number of ether oxygens (including phenoxy) is 7. The van der Waals surface area contributed by atoms with Crippen molar-refractivity contribution in [3.63, 3.8) is 0 Å². The maximum absolute atomic E-state index is 13.0. The number of methoxy groups -OCH3 is 4. The van der Waals surface area contributed by atoms with Crippen LogP contribution in [0.3, 0.4) is 0 Å². The predicted octanol–water partition coefficient (Wildman–Crippen LogP) is 4.79. The van der Waals surface area contributed by atoms with Crippen molar-refractivity contribution in [2.75, 3.05) is 35.0 Å². The molecule has 2 atom stereocenters. The van der Waals surface area contributed by atoms with Crippen molar-refractivity contribution in [2.24, 2.45) is 0 Å². The van der Waals surface area contributed by atoms with Gasteiger partial charge in [-0.05, 0) is 67.5 Å². The number of thiazole rings is 1. The van der Waals surface area contributed by atoms with Crippen molar-refractivity contribution in [3.05, 3.63) is 52.5 Å². The molecule has 0 N–H and O–H groups in total. The van der Waals surface area contributed by atoms with Crippen LogP contribution in [0.1, 0.15) is 94.5 Å². The fourth-order valence-corrected chi connectivity index (χ4v) is 6.22. The number of unbranched alkanes of at least 4 members (excludes halogenated alkanes) is 5. The summed E-state index contributed by atoms with van der Waals surface area (Å²) >= 11 is 1.68. The van der Waals surface area contributed by atoms with Crippen molar-refractivity contribution in [1.29, 1.82) is 0 Å². The number of aromatic nitrogens is 1. The lowest BCUT2D eigenvalue weighted by molar-refractivity contribution is -0.692. The number of nitrogens with zero attached hydrogens (tertiary/aromatic N) is 1. The molecule has 2 heterocycles. The van der Waals surface area contributed by atoms with Crippen molar-refractivity contribution in [2.45, 2.75) is 89.9 Å². The van der Waals surface area contributed by atoms with E-state index in [2.05, 4.69) is 28.6 Å². The number of benzene rings is 2. The van der Waals surface area contributed by atoms with Crippen molar-refractivity contribution >= 4 is 17.3 Å². The van der Waals surface area contributed by atoms with Gasteiger partial charge in [-0.3, -0.25) is 4.79 Å². The van der Waals surface area contributed by atoms with Gasteiger partial charge in [0.15, 0.2) is 29.2 Å². The summed E-state index contributed by atoms with van der Waals surface area (Å²) in [7, 11) is 6.37. The Balaban J connectivity index is 0.00000576. The minimum absolute atomic E-state index is 0. The third kappa shape index (κ3) is 10.2. The number of esters is 1. The van der Waals surface area contributed by atoms with Gasteiger partial charge in [0.25, 0.3) is 0 Å². The van der Waals surface area contributed by atoms with Gasteiger partial charge in [0.1, 0.15) is 6.54 Å². The van der Waals surface area contributed by atoms with Crippen molar-refractivity contribution < 1.29 is 59.5 Å². The molecule has 1 aromatic heterocycles. The molecular formula is C35H48BrNO8S. The molecule has 254 valence electrons. The molecule has 3 aromatic rings. The molecular weight excluding hydrogens is 674 g/mol. The highest BCUT2D eigenvalue weighted by Crippen LogP contribution is 2.48. The van der Waals surface area contributed by atoms with Crippen molar-refractivity contribution in [1.82, 2.24) is 0 Å². The van der Waals surface area contributed by atoms with Gasteiger partial charge in [0.2, 0.25) is 17.0 Å². The molecule has 1 aliphatic heterocycles. The van der Waals surface area contributed by atoms with E-state index in [1.54, 1.807) is 39.8 Å². The van der Waals surface area contributed by atoms with Crippen LogP contribution in [-0.2, 0) is 16.1 Å². The predicted molar refractivity (Wildman–Crippen MR) is 173 cm³/mol. The average Bonchev–Trinajstić information content (AvgIpc) is 3.77. The second kappa shape index (κ2) is 19.6. The van der Waals surface area contributed by atoms with E-state index in [9.17, 15) is 4.79 Å². The zero-order valence-corrected chi connectivity index (χ0v) is 30.1. The Morgan fingerprint density at radius 2 is 1.41 bits per heavy atom. The second-order valence-corrected chi connectivity index (χ2v) is 11.9. The molecule has 0 unspecified atom stereocenters. The summed E-state index contributed by atoms with van der Waals surface area (Å²) in [5, 5.41) is 2.06. The minimum Gasteiger partial charge on any atom is -1.00 e. The summed E-state index contributed by atoms with van der Waals surface area (Å²) < 4.78 is 43.3. The number of rotatable bonds is 19. The molecule has 0 amide bonds. The van der Waals surface area contributed by atoms with Crippen LogP contribution >= 0.6 is 11.3 Å². The second-order valence-electron chi connectivity index (χ2n) is 11.2. The van der Waals surface area contributed by atoms with Gasteiger partial charge in [-0.15, -0.1) is 0 Å². The molecule has 9 nitrogen and oxygen atoms in total. The van der Waals surface area contributed by atoms with E-state index in [0.717, 1.165) is 75.5 Å². The molecule has 0 radical (unpaired) electrons. The van der Waals surface area contributed by atoms with Crippen LogP contribution in [0.4, 0.5) is 0 Å². The number of hydrogen-bond acceptors (Lipinski definition) is 9. The van der Waals surface area contributed by atoms with Crippen LogP contribution in [0.2, 0.25) is 0 Å². The lowest BCUT2D eigenvalue weighted by atomic mass is 10.0. The molecule has 0 spiro atoms. The lowest BCUT2D eigenvalue weighted by Gasteiger charge is -2.20. The Morgan fingerprint density at radius 3 is 2.00 bits per heavy atom. The topological polar surface area (TPSA) is 85.6 Å². The van der Waals surface area contributed by atoms with Crippen LogP contribution in [0.25, 0.3) is 0 Å². The van der Waals surface area contributed by atoms with Gasteiger partial charge in [0, 0.05) is 12.8 Å². The first-order valence-corrected chi connectivity index (χ1v) is 16.9. The Bertz CT molecular complexity index is 1330. The zero-order valence-electron chi connectivity index (χ0n) is 27.7. The quantitative estimate of drug-likeness (QED) is 0.0757. The van der Waals surface area contributed by atoms with E-state index in [1.165, 1.54) is 0 Å². The smallest absolute Gasteiger partial charge is 0.311 e. The number of carbonyl (C=O) groups excluding carboxylic acids is 1. The lowest BCUT2D eigenvalue weighted by Crippen LogP contribution is -3.00. The van der Waals surface area contributed by atoms with Gasteiger partial charge in [-0.25, -0.2) is 0 Å². The van der Waals surface area contributed by atoms with Crippen LogP contribution < -0.4 is 50.0 Å². The maximum Gasteiger partial charge on any atom is 0.311 e. The maximum atomic E-state index is 13.0. The first-order valence-electron chi connectivity index (χ1n) is 15.9. The van der Waals surface area contributed by atoms with E-state index in [0.29, 0.717) is 47.5 Å². The normalized spacial score (nSPS) is 15.6.